The topological polar surface area (TPSA) is 113 Å². The van der Waals surface area contributed by atoms with Crippen molar-refractivity contribution in [2.24, 2.45) is 0 Å². The van der Waals surface area contributed by atoms with Crippen molar-refractivity contribution in [1.29, 1.82) is 0 Å². The molecule has 2 fully saturated rings. The number of pyridine rings is 1. The molecule has 3 aliphatic heterocycles. The average Bonchev–Trinajstić information content (AvgIpc) is 3.51. The zero-order chi connectivity index (χ0) is 25.5. The highest BCUT2D eigenvalue weighted by atomic mass is 16.5. The zero-order valence-corrected chi connectivity index (χ0v) is 20.3. The minimum Gasteiger partial charge on any atom is -0.491 e. The van der Waals surface area contributed by atoms with Gasteiger partial charge in [-0.3, -0.25) is 24.5 Å². The van der Waals surface area contributed by atoms with Crippen LogP contribution in [0.4, 0.5) is 0 Å². The summed E-state index contributed by atoms with van der Waals surface area (Å²) < 4.78 is 7.97. The second kappa shape index (κ2) is 9.34. The molecule has 0 saturated carbocycles. The third-order valence-electron chi connectivity index (χ3n) is 7.46. The third-order valence-corrected chi connectivity index (χ3v) is 7.46. The summed E-state index contributed by atoms with van der Waals surface area (Å²) in [5.41, 5.74) is 2.74. The van der Waals surface area contributed by atoms with Crippen LogP contribution in [0.15, 0.2) is 48.9 Å². The van der Waals surface area contributed by atoms with E-state index in [-0.39, 0.29) is 30.2 Å². The maximum Gasteiger partial charge on any atom is 0.255 e. The Labute approximate surface area is 213 Å². The number of imidazole rings is 1. The molecular formula is C27H27N5O5. The van der Waals surface area contributed by atoms with Crippen LogP contribution in [0.25, 0.3) is 5.65 Å². The van der Waals surface area contributed by atoms with Crippen molar-refractivity contribution in [2.75, 3.05) is 13.2 Å². The Morgan fingerprint density at radius 1 is 1.11 bits per heavy atom. The lowest BCUT2D eigenvalue weighted by atomic mass is 10.0. The van der Waals surface area contributed by atoms with Gasteiger partial charge in [0.1, 0.15) is 24.0 Å². The van der Waals surface area contributed by atoms with E-state index in [4.69, 9.17) is 4.74 Å². The fourth-order valence-electron chi connectivity index (χ4n) is 5.49. The van der Waals surface area contributed by atoms with Crippen molar-refractivity contribution < 1.29 is 23.9 Å². The Morgan fingerprint density at radius 3 is 2.86 bits per heavy atom. The van der Waals surface area contributed by atoms with Crippen molar-refractivity contribution in [3.8, 4) is 5.75 Å². The van der Waals surface area contributed by atoms with Gasteiger partial charge in [-0.1, -0.05) is 0 Å². The van der Waals surface area contributed by atoms with E-state index < -0.39 is 11.9 Å². The standard InChI is InChI=1S/C27H27N5O5/c33-24-9-7-22(25(34)29-24)32-15-18-13-20(5-6-21(18)27(32)36)37-16-19-3-1-2-11-31(19)26(35)17-4-8-23-28-10-12-30(23)14-17/h4-6,8,10,12-14,19,22H,1-3,7,9,11,15-16H2,(H,29,33,34). The first-order valence-electron chi connectivity index (χ1n) is 12.6. The fraction of sp³-hybridized carbons (Fsp3) is 0.370. The van der Waals surface area contributed by atoms with E-state index in [9.17, 15) is 19.2 Å². The normalized spacial score (nSPS) is 21.8. The number of hydrogen-bond donors (Lipinski definition) is 1. The SMILES string of the molecule is O=C1CCC(N2Cc3cc(OCC4CCCCN4C(=O)c4ccc5nccn5c4)ccc3C2=O)C(=O)N1. The molecule has 2 atom stereocenters. The molecule has 2 unspecified atom stereocenters. The Balaban J connectivity index is 1.13. The smallest absolute Gasteiger partial charge is 0.255 e. The highest BCUT2D eigenvalue weighted by Crippen LogP contribution is 2.30. The molecule has 2 aromatic heterocycles. The van der Waals surface area contributed by atoms with Crippen molar-refractivity contribution in [1.82, 2.24) is 24.5 Å². The molecule has 5 heterocycles. The summed E-state index contributed by atoms with van der Waals surface area (Å²) >= 11 is 0. The predicted octanol–water partition coefficient (Wildman–Crippen LogP) is 2.17. The van der Waals surface area contributed by atoms with Gasteiger partial charge in [-0.2, -0.15) is 0 Å². The molecule has 1 aromatic carbocycles. The summed E-state index contributed by atoms with van der Waals surface area (Å²) in [6.07, 6.45) is 8.71. The first-order chi connectivity index (χ1) is 18.0. The number of piperidine rings is 2. The molecule has 37 heavy (non-hydrogen) atoms. The van der Waals surface area contributed by atoms with Gasteiger partial charge in [0.05, 0.1) is 11.6 Å². The van der Waals surface area contributed by atoms with Crippen LogP contribution >= 0.6 is 0 Å². The van der Waals surface area contributed by atoms with Gasteiger partial charge in [0.15, 0.2) is 0 Å². The number of hydrogen-bond acceptors (Lipinski definition) is 6. The summed E-state index contributed by atoms with van der Waals surface area (Å²) in [4.78, 5) is 57.7. The minimum atomic E-state index is -0.648. The number of rotatable bonds is 5. The molecule has 0 aliphatic carbocycles. The first kappa shape index (κ1) is 23.2. The van der Waals surface area contributed by atoms with Crippen molar-refractivity contribution in [3.05, 3.63) is 65.6 Å². The maximum atomic E-state index is 13.3. The highest BCUT2D eigenvalue weighted by molar-refractivity contribution is 6.05. The van der Waals surface area contributed by atoms with Gasteiger partial charge in [-0.15, -0.1) is 0 Å². The Morgan fingerprint density at radius 2 is 2.00 bits per heavy atom. The van der Waals surface area contributed by atoms with Crippen LogP contribution in [0.1, 0.15) is 58.4 Å². The summed E-state index contributed by atoms with van der Waals surface area (Å²) in [6.45, 7) is 1.32. The summed E-state index contributed by atoms with van der Waals surface area (Å²) in [6, 6.07) is 8.26. The Hall–Kier alpha value is -4.21. The van der Waals surface area contributed by atoms with Gasteiger partial charge in [-0.05, 0) is 61.6 Å². The fourth-order valence-corrected chi connectivity index (χ4v) is 5.49. The molecule has 3 aromatic rings. The maximum absolute atomic E-state index is 13.3. The molecule has 0 bridgehead atoms. The predicted molar refractivity (Wildman–Crippen MR) is 132 cm³/mol. The number of carbonyl (C=O) groups is 4. The van der Waals surface area contributed by atoms with Gasteiger partial charge < -0.3 is 18.9 Å². The van der Waals surface area contributed by atoms with Crippen LogP contribution in [0.5, 0.6) is 5.75 Å². The number of benzene rings is 1. The van der Waals surface area contributed by atoms with E-state index in [2.05, 4.69) is 10.3 Å². The van der Waals surface area contributed by atoms with Crippen LogP contribution in [0.2, 0.25) is 0 Å². The number of ether oxygens (including phenoxy) is 1. The number of nitrogens with one attached hydrogen (secondary N) is 1. The second-order valence-electron chi connectivity index (χ2n) is 9.79. The summed E-state index contributed by atoms with van der Waals surface area (Å²) in [5, 5.41) is 2.32. The third kappa shape index (κ3) is 4.32. The quantitative estimate of drug-likeness (QED) is 0.536. The van der Waals surface area contributed by atoms with Crippen molar-refractivity contribution in [3.63, 3.8) is 0 Å². The van der Waals surface area contributed by atoms with Gasteiger partial charge in [-0.25, -0.2) is 4.98 Å². The number of carbonyl (C=O) groups excluding carboxylic acids is 4. The average molecular weight is 502 g/mol. The lowest BCUT2D eigenvalue weighted by Gasteiger charge is -2.35. The minimum absolute atomic E-state index is 0.0247. The van der Waals surface area contributed by atoms with Crippen molar-refractivity contribution in [2.45, 2.75) is 50.7 Å². The van der Waals surface area contributed by atoms with Crippen LogP contribution in [-0.2, 0) is 16.1 Å². The molecular weight excluding hydrogens is 474 g/mol. The zero-order valence-electron chi connectivity index (χ0n) is 20.3. The molecule has 10 heteroatoms. The Bertz CT molecular complexity index is 1420. The molecule has 4 amide bonds. The number of nitrogens with zero attached hydrogens (tertiary/aromatic N) is 4. The summed E-state index contributed by atoms with van der Waals surface area (Å²) in [5.74, 6) is -0.352. The van der Waals surface area contributed by atoms with Crippen LogP contribution in [0.3, 0.4) is 0 Å². The van der Waals surface area contributed by atoms with E-state index in [0.29, 0.717) is 43.0 Å². The van der Waals surface area contributed by atoms with E-state index in [1.54, 1.807) is 18.3 Å². The number of imide groups is 1. The van der Waals surface area contributed by atoms with Crippen molar-refractivity contribution >= 4 is 29.3 Å². The van der Waals surface area contributed by atoms with Crippen LogP contribution in [0, 0.1) is 0 Å². The molecule has 3 aliphatic rings. The van der Waals surface area contributed by atoms with E-state index in [1.165, 1.54) is 4.90 Å². The number of amides is 4. The molecule has 1 N–H and O–H groups in total. The molecule has 0 spiro atoms. The lowest BCUT2D eigenvalue weighted by molar-refractivity contribution is -0.136. The van der Waals surface area contributed by atoms with Gasteiger partial charge in [0.2, 0.25) is 11.8 Å². The van der Waals surface area contributed by atoms with Crippen LogP contribution < -0.4 is 10.1 Å². The van der Waals surface area contributed by atoms with E-state index in [0.717, 1.165) is 30.5 Å². The molecule has 0 radical (unpaired) electrons. The number of likely N-dealkylation sites (tertiary alicyclic amines) is 1. The summed E-state index contributed by atoms with van der Waals surface area (Å²) in [7, 11) is 0. The van der Waals surface area contributed by atoms with E-state index >= 15 is 0 Å². The molecule has 6 rings (SSSR count). The lowest BCUT2D eigenvalue weighted by Crippen LogP contribution is -2.52. The Kier molecular flexibility index (Phi) is 5.86. The highest BCUT2D eigenvalue weighted by Gasteiger charge is 2.39. The molecule has 10 nitrogen and oxygen atoms in total. The van der Waals surface area contributed by atoms with Gasteiger partial charge in [0, 0.05) is 43.7 Å². The van der Waals surface area contributed by atoms with Crippen LogP contribution in [-0.4, -0.2) is 68.0 Å². The molecule has 2 saturated heterocycles. The second-order valence-corrected chi connectivity index (χ2v) is 9.79. The number of fused-ring (bicyclic) bond motifs is 2. The van der Waals surface area contributed by atoms with Gasteiger partial charge in [0.25, 0.3) is 11.8 Å². The largest absolute Gasteiger partial charge is 0.491 e. The first-order valence-corrected chi connectivity index (χ1v) is 12.6. The molecule has 190 valence electrons. The number of aromatic nitrogens is 2. The van der Waals surface area contributed by atoms with E-state index in [1.807, 2.05) is 39.9 Å². The van der Waals surface area contributed by atoms with Gasteiger partial charge >= 0.3 is 0 Å². The monoisotopic (exact) mass is 501 g/mol.